The van der Waals surface area contributed by atoms with Crippen LogP contribution in [0.4, 0.5) is 0 Å². The molecule has 5 unspecified atom stereocenters. The summed E-state index contributed by atoms with van der Waals surface area (Å²) in [5, 5.41) is 53.6. The van der Waals surface area contributed by atoms with Gasteiger partial charge in [0, 0.05) is 59.5 Å². The van der Waals surface area contributed by atoms with Crippen LogP contribution in [0.5, 0.6) is 0 Å². The average molecular weight is 594 g/mol. The van der Waals surface area contributed by atoms with E-state index in [2.05, 4.69) is 10.6 Å². The molecule has 0 heterocycles. The topological polar surface area (TPSA) is 212 Å². The lowest BCUT2D eigenvalue weighted by Gasteiger charge is -2.40. The minimum absolute atomic E-state index is 0.0132. The Balaban J connectivity index is 6.16. The zero-order valence-electron chi connectivity index (χ0n) is 25.0. The summed E-state index contributed by atoms with van der Waals surface area (Å²) in [5.41, 5.74) is 0. The molecule has 15 heteroatoms. The van der Waals surface area contributed by atoms with Gasteiger partial charge in [-0.1, -0.05) is 13.8 Å². The molecule has 0 aromatic carbocycles. The molecular weight excluding hydrogens is 542 g/mol. The Morgan fingerprint density at radius 2 is 1.39 bits per heavy atom. The number of rotatable bonds is 23. The van der Waals surface area contributed by atoms with E-state index in [1.165, 1.54) is 21.0 Å². The number of aliphatic hydroxyl groups is 4. The van der Waals surface area contributed by atoms with Crippen LogP contribution in [0.2, 0.25) is 0 Å². The molecule has 5 atom stereocenters. The molecule has 0 saturated carbocycles. The maximum absolute atomic E-state index is 12.8. The third kappa shape index (κ3) is 14.9. The van der Waals surface area contributed by atoms with E-state index in [4.69, 9.17) is 4.74 Å². The highest BCUT2D eigenvalue weighted by atomic mass is 16.5. The molecule has 0 aliphatic heterocycles. The Morgan fingerprint density at radius 3 is 1.83 bits per heavy atom. The maximum Gasteiger partial charge on any atom is 0.317 e. The largest absolute Gasteiger partial charge is 0.480 e. The molecule has 240 valence electrons. The normalized spacial score (nSPS) is 15.3. The van der Waals surface area contributed by atoms with Crippen molar-refractivity contribution in [1.29, 1.82) is 0 Å². The Bertz CT molecular complexity index is 790. The number of likely N-dealkylation sites (N-methyl/N-ethyl adjacent to an activating group) is 4. The van der Waals surface area contributed by atoms with Crippen molar-refractivity contribution in [3.05, 3.63) is 0 Å². The number of aliphatic carboxylic acids is 1. The van der Waals surface area contributed by atoms with Gasteiger partial charge in [-0.2, -0.15) is 0 Å². The highest BCUT2D eigenvalue weighted by Crippen LogP contribution is 2.17. The quantitative estimate of drug-likeness (QED) is 0.0592. The first-order valence-electron chi connectivity index (χ1n) is 14.0. The number of carboxylic acid groups (broad SMARTS) is 1. The number of hydrogen-bond donors (Lipinski definition) is 7. The van der Waals surface area contributed by atoms with E-state index < -0.39 is 61.4 Å². The molecule has 2 amide bonds. The summed E-state index contributed by atoms with van der Waals surface area (Å²) in [6.45, 7) is 4.85. The molecular formula is C26H51N5O10. The molecule has 0 bridgehead atoms. The van der Waals surface area contributed by atoms with Gasteiger partial charge in [0.05, 0.1) is 50.7 Å². The van der Waals surface area contributed by atoms with Gasteiger partial charge in [-0.25, -0.2) is 0 Å². The number of ether oxygens (including phenoxy) is 1. The summed E-state index contributed by atoms with van der Waals surface area (Å²) >= 11 is 0. The second-order valence-electron chi connectivity index (χ2n) is 9.77. The Hall–Kier alpha value is -2.40. The van der Waals surface area contributed by atoms with Gasteiger partial charge in [0.15, 0.2) is 0 Å². The van der Waals surface area contributed by atoms with E-state index in [1.807, 2.05) is 6.92 Å². The third-order valence-electron chi connectivity index (χ3n) is 6.88. The van der Waals surface area contributed by atoms with Crippen molar-refractivity contribution in [3.63, 3.8) is 0 Å². The van der Waals surface area contributed by atoms with Crippen LogP contribution in [0.3, 0.4) is 0 Å². The van der Waals surface area contributed by atoms with E-state index in [9.17, 15) is 44.7 Å². The summed E-state index contributed by atoms with van der Waals surface area (Å²) in [6.07, 6.45) is -2.10. The van der Waals surface area contributed by atoms with Crippen molar-refractivity contribution >= 4 is 23.8 Å². The maximum atomic E-state index is 12.8. The van der Waals surface area contributed by atoms with Crippen LogP contribution in [0.25, 0.3) is 0 Å². The standard InChI is InChI=1S/C26H51N5O10/c1-6-30(22(25(39)27-4)12-20(35)16-32)10-9-29(15-24(37)38)14-19(8-11-41-18(3)34)31(7-2)23(26(40)28-5)13-21(36)17-33/h19-23,32-33,35-36H,6-17H2,1-5H3,(H,27,39)(H,28,40)(H,37,38). The van der Waals surface area contributed by atoms with Gasteiger partial charge in [0.1, 0.15) is 0 Å². The van der Waals surface area contributed by atoms with Gasteiger partial charge in [-0.3, -0.25) is 33.9 Å². The van der Waals surface area contributed by atoms with Crippen LogP contribution in [0.1, 0.15) is 40.0 Å². The van der Waals surface area contributed by atoms with Crippen molar-refractivity contribution in [2.24, 2.45) is 0 Å². The lowest BCUT2D eigenvalue weighted by atomic mass is 10.0. The van der Waals surface area contributed by atoms with Gasteiger partial charge in [-0.05, 0) is 19.5 Å². The van der Waals surface area contributed by atoms with Gasteiger partial charge in [-0.15, -0.1) is 0 Å². The number of carboxylic acids is 1. The van der Waals surface area contributed by atoms with Crippen LogP contribution < -0.4 is 10.6 Å². The first kappa shape index (κ1) is 38.6. The Morgan fingerprint density at radius 1 is 0.854 bits per heavy atom. The smallest absolute Gasteiger partial charge is 0.317 e. The fourth-order valence-electron chi connectivity index (χ4n) is 4.77. The van der Waals surface area contributed by atoms with Crippen LogP contribution in [0, 0.1) is 0 Å². The number of nitrogens with one attached hydrogen (secondary N) is 2. The number of carbonyl (C=O) groups excluding carboxylic acids is 3. The number of esters is 1. The van der Waals surface area contributed by atoms with E-state index in [0.29, 0.717) is 13.1 Å². The average Bonchev–Trinajstić information content (AvgIpc) is 2.94. The monoisotopic (exact) mass is 593 g/mol. The SMILES string of the molecule is CCN(CCN(CC(=O)O)CC(CCOC(C)=O)N(CC)C(CC(O)CO)C(=O)NC)C(CC(O)CO)C(=O)NC. The van der Waals surface area contributed by atoms with Crippen molar-refractivity contribution in [2.45, 2.75) is 70.4 Å². The van der Waals surface area contributed by atoms with Gasteiger partial charge in [0.2, 0.25) is 11.8 Å². The van der Waals surface area contributed by atoms with Crippen LogP contribution in [-0.2, 0) is 23.9 Å². The highest BCUT2D eigenvalue weighted by Gasteiger charge is 2.33. The summed E-state index contributed by atoms with van der Waals surface area (Å²) in [7, 11) is 2.92. The summed E-state index contributed by atoms with van der Waals surface area (Å²) in [4.78, 5) is 53.9. The minimum Gasteiger partial charge on any atom is -0.480 e. The predicted octanol–water partition coefficient (Wildman–Crippen LogP) is -2.95. The van der Waals surface area contributed by atoms with E-state index >= 15 is 0 Å². The lowest BCUT2D eigenvalue weighted by molar-refractivity contribution is -0.142. The molecule has 0 rings (SSSR count). The van der Waals surface area contributed by atoms with Crippen molar-refractivity contribution in [2.75, 3.05) is 73.2 Å². The number of hydrogen-bond acceptors (Lipinski definition) is 12. The van der Waals surface area contributed by atoms with Crippen molar-refractivity contribution in [3.8, 4) is 0 Å². The first-order chi connectivity index (χ1) is 19.4. The number of carbonyl (C=O) groups is 4. The highest BCUT2D eigenvalue weighted by molar-refractivity contribution is 5.82. The zero-order valence-corrected chi connectivity index (χ0v) is 25.0. The fraction of sp³-hybridized carbons (Fsp3) is 0.846. The summed E-state index contributed by atoms with van der Waals surface area (Å²) in [5.74, 6) is -2.32. The number of nitrogens with zero attached hydrogens (tertiary/aromatic N) is 3. The lowest BCUT2D eigenvalue weighted by Crippen LogP contribution is -2.56. The molecule has 0 radical (unpaired) electrons. The third-order valence-corrected chi connectivity index (χ3v) is 6.88. The summed E-state index contributed by atoms with van der Waals surface area (Å²) < 4.78 is 5.14. The molecule has 0 aliphatic carbocycles. The molecule has 0 aromatic rings. The molecule has 41 heavy (non-hydrogen) atoms. The van der Waals surface area contributed by atoms with E-state index in [1.54, 1.807) is 21.6 Å². The van der Waals surface area contributed by atoms with E-state index in [0.717, 1.165) is 0 Å². The van der Waals surface area contributed by atoms with Crippen molar-refractivity contribution < 1.29 is 49.4 Å². The van der Waals surface area contributed by atoms with Crippen LogP contribution in [0.15, 0.2) is 0 Å². The van der Waals surface area contributed by atoms with Gasteiger partial charge >= 0.3 is 11.9 Å². The van der Waals surface area contributed by atoms with Gasteiger partial charge < -0.3 is 40.9 Å². The zero-order chi connectivity index (χ0) is 31.5. The van der Waals surface area contributed by atoms with Crippen molar-refractivity contribution in [1.82, 2.24) is 25.3 Å². The summed E-state index contributed by atoms with van der Waals surface area (Å²) in [6, 6.07) is -2.11. The number of amides is 2. The fourth-order valence-corrected chi connectivity index (χ4v) is 4.77. The first-order valence-corrected chi connectivity index (χ1v) is 14.0. The second kappa shape index (κ2) is 21.3. The number of aliphatic hydroxyl groups excluding tert-OH is 4. The van der Waals surface area contributed by atoms with Crippen LogP contribution >= 0.6 is 0 Å². The molecule has 15 nitrogen and oxygen atoms in total. The molecule has 0 aliphatic rings. The molecule has 0 spiro atoms. The minimum atomic E-state index is -1.16. The predicted molar refractivity (Wildman–Crippen MR) is 150 cm³/mol. The van der Waals surface area contributed by atoms with Gasteiger partial charge in [0.25, 0.3) is 0 Å². The van der Waals surface area contributed by atoms with E-state index in [-0.39, 0.29) is 58.0 Å². The second-order valence-corrected chi connectivity index (χ2v) is 9.77. The Kier molecular flexibility index (Phi) is 20.1. The molecule has 0 saturated heterocycles. The molecule has 7 N–H and O–H groups in total. The Labute approximate surface area is 242 Å². The molecule has 0 fully saturated rings. The molecule has 0 aromatic heterocycles. The van der Waals surface area contributed by atoms with Crippen LogP contribution in [-0.4, -0.2) is 168 Å².